The van der Waals surface area contributed by atoms with E-state index in [-0.39, 0.29) is 11.5 Å². The quantitative estimate of drug-likeness (QED) is 0.356. The van der Waals surface area contributed by atoms with Crippen LogP contribution in [0.25, 0.3) is 0 Å². The van der Waals surface area contributed by atoms with E-state index in [9.17, 15) is 24.6 Å². The fourth-order valence-electron chi connectivity index (χ4n) is 2.27. The Kier molecular flexibility index (Phi) is 3.01. The number of nitrogens with one attached hydrogen (secondary N) is 2. The van der Waals surface area contributed by atoms with Crippen LogP contribution in [-0.2, 0) is 14.3 Å². The largest absolute Gasteiger partial charge is 0.479 e. The number of carboxylic acid groups (broad SMARTS) is 1. The lowest BCUT2D eigenvalue weighted by Gasteiger charge is -2.26. The SMILES string of the molecule is N=C1N=C2C(=NC(=O)N2[C@@H]2O[C@H](C(=O)O)[C@@H](O)[C@H]2O)C(=O)N1. The second-order valence-corrected chi connectivity index (χ2v) is 4.62. The summed E-state index contributed by atoms with van der Waals surface area (Å²) in [6, 6.07) is -1.03. The summed E-state index contributed by atoms with van der Waals surface area (Å²) in [6.45, 7) is 0. The number of carbonyl (C=O) groups is 3. The number of hydrogen-bond donors (Lipinski definition) is 5. The first kappa shape index (κ1) is 14.2. The van der Waals surface area contributed by atoms with E-state index < -0.39 is 48.4 Å². The number of fused-ring (bicyclic) bond motifs is 1. The average Bonchev–Trinajstić information content (AvgIpc) is 2.89. The molecule has 0 spiro atoms. The topological polar surface area (TPSA) is 185 Å². The van der Waals surface area contributed by atoms with E-state index in [1.165, 1.54) is 0 Å². The minimum absolute atomic E-state index is 0.346. The number of amides is 3. The Hall–Kier alpha value is -2.70. The van der Waals surface area contributed by atoms with Gasteiger partial charge >= 0.3 is 12.0 Å². The van der Waals surface area contributed by atoms with Crippen molar-refractivity contribution in [2.45, 2.75) is 24.5 Å². The maximum Gasteiger partial charge on any atom is 0.352 e. The summed E-state index contributed by atoms with van der Waals surface area (Å²) in [5, 5.41) is 37.8. The number of nitrogens with zero attached hydrogens (tertiary/aromatic N) is 3. The monoisotopic (exact) mass is 311 g/mol. The van der Waals surface area contributed by atoms with E-state index in [2.05, 4.69) is 9.98 Å². The van der Waals surface area contributed by atoms with Crippen LogP contribution in [0.1, 0.15) is 0 Å². The number of rotatable bonds is 2. The Morgan fingerprint density at radius 2 is 1.95 bits per heavy atom. The van der Waals surface area contributed by atoms with Crippen LogP contribution in [0.2, 0.25) is 0 Å². The molecule has 0 saturated carbocycles. The third-order valence-corrected chi connectivity index (χ3v) is 3.25. The second kappa shape index (κ2) is 4.66. The molecule has 3 aliphatic heterocycles. The molecule has 0 aromatic heterocycles. The molecule has 3 amide bonds. The zero-order chi connectivity index (χ0) is 16.2. The van der Waals surface area contributed by atoms with Crippen molar-refractivity contribution in [1.29, 1.82) is 5.41 Å². The van der Waals surface area contributed by atoms with E-state index >= 15 is 0 Å². The fraction of sp³-hybridized carbons (Fsp3) is 0.400. The smallest absolute Gasteiger partial charge is 0.352 e. The van der Waals surface area contributed by atoms with Crippen molar-refractivity contribution in [3.05, 3.63) is 0 Å². The predicted molar refractivity (Wildman–Crippen MR) is 66.3 cm³/mol. The van der Waals surface area contributed by atoms with E-state index in [1.54, 1.807) is 0 Å². The molecule has 0 aliphatic carbocycles. The molecule has 116 valence electrons. The van der Waals surface area contributed by atoms with Crippen molar-refractivity contribution in [2.75, 3.05) is 0 Å². The Balaban J connectivity index is 1.96. The molecule has 1 saturated heterocycles. The number of carboxylic acids is 1. The molecule has 3 aliphatic rings. The maximum absolute atomic E-state index is 11.9. The molecule has 12 nitrogen and oxygen atoms in total. The number of ether oxygens (including phenoxy) is 1. The summed E-state index contributed by atoms with van der Waals surface area (Å²) < 4.78 is 4.97. The minimum atomic E-state index is -1.78. The molecule has 0 aromatic rings. The van der Waals surface area contributed by atoms with Crippen LogP contribution in [0, 0.1) is 5.41 Å². The Bertz CT molecular complexity index is 671. The summed E-state index contributed by atoms with van der Waals surface area (Å²) in [5.74, 6) is -3.27. The number of carbonyl (C=O) groups excluding carboxylic acids is 2. The highest BCUT2D eigenvalue weighted by Crippen LogP contribution is 2.28. The van der Waals surface area contributed by atoms with Gasteiger partial charge in [-0.2, -0.15) is 9.98 Å². The number of guanidine groups is 1. The van der Waals surface area contributed by atoms with Gasteiger partial charge in [-0.25, -0.2) is 14.5 Å². The van der Waals surface area contributed by atoms with Crippen LogP contribution < -0.4 is 5.32 Å². The molecule has 0 bridgehead atoms. The first-order valence-electron chi connectivity index (χ1n) is 5.96. The zero-order valence-corrected chi connectivity index (χ0v) is 10.6. The Labute approximate surface area is 121 Å². The number of aliphatic imine (C=N–C) groups is 2. The van der Waals surface area contributed by atoms with Crippen molar-refractivity contribution < 1.29 is 34.4 Å². The van der Waals surface area contributed by atoms with Gasteiger partial charge in [0.2, 0.25) is 5.96 Å². The fourth-order valence-corrected chi connectivity index (χ4v) is 2.27. The van der Waals surface area contributed by atoms with Crippen molar-refractivity contribution >= 4 is 35.4 Å². The van der Waals surface area contributed by atoms with Crippen LogP contribution in [0.5, 0.6) is 0 Å². The molecule has 3 heterocycles. The van der Waals surface area contributed by atoms with Crippen LogP contribution in [0.4, 0.5) is 4.79 Å². The zero-order valence-electron chi connectivity index (χ0n) is 10.6. The molecule has 22 heavy (non-hydrogen) atoms. The predicted octanol–water partition coefficient (Wildman–Crippen LogP) is -3.14. The third kappa shape index (κ3) is 1.89. The highest BCUT2D eigenvalue weighted by molar-refractivity contribution is 6.72. The van der Waals surface area contributed by atoms with Gasteiger partial charge in [-0.15, -0.1) is 0 Å². The molecular weight excluding hydrogens is 302 g/mol. The minimum Gasteiger partial charge on any atom is -0.479 e. The third-order valence-electron chi connectivity index (χ3n) is 3.25. The average molecular weight is 311 g/mol. The molecule has 0 unspecified atom stereocenters. The molecular formula is C10H9N5O7. The number of hydrogen-bond acceptors (Lipinski definition) is 7. The van der Waals surface area contributed by atoms with Crippen LogP contribution >= 0.6 is 0 Å². The van der Waals surface area contributed by atoms with Gasteiger partial charge in [-0.1, -0.05) is 0 Å². The lowest BCUT2D eigenvalue weighted by molar-refractivity contribution is -0.155. The van der Waals surface area contributed by atoms with Crippen molar-refractivity contribution in [3.8, 4) is 0 Å². The summed E-state index contributed by atoms with van der Waals surface area (Å²) in [5.41, 5.74) is -0.384. The number of aliphatic hydroxyl groups excluding tert-OH is 2. The van der Waals surface area contributed by atoms with Crippen LogP contribution in [0.3, 0.4) is 0 Å². The highest BCUT2D eigenvalue weighted by atomic mass is 16.6. The maximum atomic E-state index is 11.9. The Morgan fingerprint density at radius 3 is 2.55 bits per heavy atom. The first-order valence-corrected chi connectivity index (χ1v) is 5.96. The summed E-state index contributed by atoms with van der Waals surface area (Å²) >= 11 is 0. The van der Waals surface area contributed by atoms with Crippen LogP contribution in [0.15, 0.2) is 9.98 Å². The van der Waals surface area contributed by atoms with Gasteiger partial charge in [-0.05, 0) is 0 Å². The number of aliphatic hydroxyl groups is 2. The van der Waals surface area contributed by atoms with Crippen LogP contribution in [-0.4, -0.2) is 80.2 Å². The standard InChI is InChI=1S/C10H9N5O7/c11-9-13-5-1(6(18)14-9)12-10(21)15(5)7-3(17)2(16)4(22-7)8(19)20/h2-4,7,16-17H,(H,19,20)(H2,11,14,18)/t2-,3+,4-,7+/m0/s1. The molecule has 12 heteroatoms. The second-order valence-electron chi connectivity index (χ2n) is 4.62. The highest BCUT2D eigenvalue weighted by Gasteiger charge is 2.54. The number of amidine groups is 1. The number of aliphatic carboxylic acids is 1. The van der Waals surface area contributed by atoms with E-state index in [0.29, 0.717) is 4.90 Å². The molecule has 4 atom stereocenters. The van der Waals surface area contributed by atoms with Gasteiger partial charge in [0, 0.05) is 0 Å². The molecule has 0 aromatic carbocycles. The lowest BCUT2D eigenvalue weighted by Crippen LogP contribution is -2.53. The van der Waals surface area contributed by atoms with Crippen molar-refractivity contribution in [3.63, 3.8) is 0 Å². The number of urea groups is 1. The lowest BCUT2D eigenvalue weighted by atomic mass is 10.1. The normalized spacial score (nSPS) is 34.3. The van der Waals surface area contributed by atoms with Crippen molar-refractivity contribution in [1.82, 2.24) is 10.2 Å². The molecule has 0 radical (unpaired) electrons. The molecule has 1 fully saturated rings. The molecule has 3 rings (SSSR count). The first-order chi connectivity index (χ1) is 10.3. The van der Waals surface area contributed by atoms with Gasteiger partial charge in [0.05, 0.1) is 0 Å². The summed E-state index contributed by atoms with van der Waals surface area (Å²) in [4.78, 5) is 42.1. The van der Waals surface area contributed by atoms with Gasteiger partial charge in [0.1, 0.15) is 12.2 Å². The van der Waals surface area contributed by atoms with E-state index in [4.69, 9.17) is 15.3 Å². The Morgan fingerprint density at radius 1 is 1.27 bits per heavy atom. The van der Waals surface area contributed by atoms with Gasteiger partial charge in [0.15, 0.2) is 23.9 Å². The van der Waals surface area contributed by atoms with Gasteiger partial charge in [-0.3, -0.25) is 15.5 Å². The summed E-state index contributed by atoms with van der Waals surface area (Å²) in [6.07, 6.45) is -6.88. The van der Waals surface area contributed by atoms with Gasteiger partial charge < -0.3 is 20.1 Å². The molecule has 5 N–H and O–H groups in total. The van der Waals surface area contributed by atoms with E-state index in [0.717, 1.165) is 0 Å². The summed E-state index contributed by atoms with van der Waals surface area (Å²) in [7, 11) is 0. The van der Waals surface area contributed by atoms with E-state index in [1.807, 2.05) is 5.32 Å². The van der Waals surface area contributed by atoms with Gasteiger partial charge in [0.25, 0.3) is 5.91 Å². The van der Waals surface area contributed by atoms with Crippen molar-refractivity contribution in [2.24, 2.45) is 9.98 Å².